The lowest BCUT2D eigenvalue weighted by atomic mass is 9.95. The van der Waals surface area contributed by atoms with Gasteiger partial charge in [0.05, 0.1) is 18.9 Å². The zero-order valence-corrected chi connectivity index (χ0v) is 23.3. The molecule has 0 saturated carbocycles. The third-order valence-corrected chi connectivity index (χ3v) is 9.33. The van der Waals surface area contributed by atoms with E-state index in [1.807, 2.05) is 73.7 Å². The maximum Gasteiger partial charge on any atom is 0.325 e. The number of sulfonamides is 1. The van der Waals surface area contributed by atoms with E-state index in [1.165, 1.54) is 18.2 Å². The van der Waals surface area contributed by atoms with E-state index in [0.717, 1.165) is 33.5 Å². The Balaban J connectivity index is 1.38. The number of aliphatic carboxylic acids is 1. The molecule has 1 aliphatic rings. The highest BCUT2D eigenvalue weighted by atomic mass is 32.2. The minimum atomic E-state index is -3.98. The smallest absolute Gasteiger partial charge is 0.325 e. The van der Waals surface area contributed by atoms with Crippen LogP contribution in [0.2, 0.25) is 0 Å². The van der Waals surface area contributed by atoms with Crippen LogP contribution < -0.4 is 4.74 Å². The first-order valence-corrected chi connectivity index (χ1v) is 14.3. The van der Waals surface area contributed by atoms with Crippen molar-refractivity contribution in [2.75, 3.05) is 26.3 Å². The van der Waals surface area contributed by atoms with E-state index < -0.39 is 20.7 Å². The van der Waals surface area contributed by atoms with Crippen molar-refractivity contribution >= 4 is 21.6 Å². The molecule has 1 aromatic heterocycles. The molecule has 1 aliphatic heterocycles. The molecule has 0 spiro atoms. The first kappa shape index (κ1) is 28.5. The van der Waals surface area contributed by atoms with Crippen LogP contribution in [0.15, 0.2) is 72.8 Å². The van der Waals surface area contributed by atoms with Gasteiger partial charge < -0.3 is 14.6 Å². The number of rotatable bonds is 11. The largest absolute Gasteiger partial charge is 0.480 e. The lowest BCUT2D eigenvalue weighted by Gasteiger charge is -2.31. The number of pyridine rings is 1. The van der Waals surface area contributed by atoms with Gasteiger partial charge in [-0.1, -0.05) is 60.7 Å². The number of carboxylic acids is 1. The number of aryl methyl sites for hydroxylation is 1. The lowest BCUT2D eigenvalue weighted by molar-refractivity contribution is -0.139. The van der Waals surface area contributed by atoms with Gasteiger partial charge in [0.2, 0.25) is 15.9 Å². The molecule has 0 saturated heterocycles. The summed E-state index contributed by atoms with van der Waals surface area (Å²) >= 11 is 0. The molecule has 0 atom stereocenters. The standard InChI is InChI=1S/C30H34N2O6S/c1-22-20-25(24-14-16-32(17-15-24)39(35,36)30(2,3)29(33)34)12-13-26(22)27-10-7-11-28(31-27)38-19-18-37-21-23-8-5-4-6-9-23/h4-14,20H,15-19,21H2,1-3H3,(H,33,34). The van der Waals surface area contributed by atoms with Gasteiger partial charge >= 0.3 is 5.97 Å². The fraction of sp³-hybridized carbons (Fsp3) is 0.333. The van der Waals surface area contributed by atoms with E-state index in [1.54, 1.807) is 0 Å². The Morgan fingerprint density at radius 1 is 1.05 bits per heavy atom. The normalized spacial score (nSPS) is 14.6. The van der Waals surface area contributed by atoms with Crippen molar-refractivity contribution in [2.45, 2.75) is 38.5 Å². The average Bonchev–Trinajstić information content (AvgIpc) is 2.93. The molecule has 9 heteroatoms. The maximum absolute atomic E-state index is 12.8. The molecule has 0 bridgehead atoms. The minimum absolute atomic E-state index is 0.144. The summed E-state index contributed by atoms with van der Waals surface area (Å²) in [5.74, 6) is -0.831. The van der Waals surface area contributed by atoms with Crippen LogP contribution >= 0.6 is 0 Å². The summed E-state index contributed by atoms with van der Waals surface area (Å²) in [6.07, 6.45) is 2.36. The van der Waals surface area contributed by atoms with Crippen LogP contribution in [0.5, 0.6) is 5.88 Å². The Kier molecular flexibility index (Phi) is 8.84. The maximum atomic E-state index is 12.8. The van der Waals surface area contributed by atoms with E-state index in [0.29, 0.717) is 32.1 Å². The van der Waals surface area contributed by atoms with Gasteiger partial charge in [-0.2, -0.15) is 4.31 Å². The molecule has 0 amide bonds. The predicted octanol–water partition coefficient (Wildman–Crippen LogP) is 4.93. The quantitative estimate of drug-likeness (QED) is 0.337. The first-order chi connectivity index (χ1) is 18.6. The molecule has 3 aromatic rings. The highest BCUT2D eigenvalue weighted by molar-refractivity contribution is 7.91. The van der Waals surface area contributed by atoms with Crippen molar-refractivity contribution in [3.63, 3.8) is 0 Å². The monoisotopic (exact) mass is 550 g/mol. The van der Waals surface area contributed by atoms with Crippen LogP contribution in [0.1, 0.15) is 37.0 Å². The van der Waals surface area contributed by atoms with Gasteiger partial charge in [0.1, 0.15) is 6.61 Å². The molecular weight excluding hydrogens is 516 g/mol. The number of carboxylic acid groups (broad SMARTS) is 1. The lowest BCUT2D eigenvalue weighted by Crippen LogP contribution is -2.50. The molecular formula is C30H34N2O6S. The number of carbonyl (C=O) groups is 1. The zero-order chi connectivity index (χ0) is 28.0. The van der Waals surface area contributed by atoms with Crippen LogP contribution in [0.4, 0.5) is 0 Å². The van der Waals surface area contributed by atoms with Gasteiger partial charge in [-0.15, -0.1) is 0 Å². The number of ether oxygens (including phenoxy) is 2. The molecule has 0 radical (unpaired) electrons. The fourth-order valence-electron chi connectivity index (χ4n) is 4.33. The Labute approximate surface area is 230 Å². The molecule has 2 heterocycles. The zero-order valence-electron chi connectivity index (χ0n) is 22.5. The predicted molar refractivity (Wildman–Crippen MR) is 151 cm³/mol. The van der Waals surface area contributed by atoms with Gasteiger partial charge in [-0.05, 0) is 55.5 Å². The molecule has 2 aromatic carbocycles. The van der Waals surface area contributed by atoms with Crippen molar-refractivity contribution in [2.24, 2.45) is 0 Å². The van der Waals surface area contributed by atoms with Crippen molar-refractivity contribution in [3.05, 3.63) is 89.5 Å². The Morgan fingerprint density at radius 3 is 2.49 bits per heavy atom. The number of nitrogens with zero attached hydrogens (tertiary/aromatic N) is 2. The number of hydrogen-bond donors (Lipinski definition) is 1. The van der Waals surface area contributed by atoms with Gasteiger partial charge in [-0.25, -0.2) is 13.4 Å². The van der Waals surface area contributed by atoms with Gasteiger partial charge in [0.15, 0.2) is 4.75 Å². The molecule has 206 valence electrons. The first-order valence-electron chi connectivity index (χ1n) is 12.8. The third-order valence-electron chi connectivity index (χ3n) is 6.86. The second-order valence-corrected chi connectivity index (χ2v) is 12.4. The number of aromatic nitrogens is 1. The Hall–Kier alpha value is -3.53. The molecule has 0 aliphatic carbocycles. The van der Waals surface area contributed by atoms with E-state index in [4.69, 9.17) is 9.47 Å². The van der Waals surface area contributed by atoms with Crippen LogP contribution in [-0.2, 0) is 26.2 Å². The second kappa shape index (κ2) is 12.1. The minimum Gasteiger partial charge on any atom is -0.480 e. The third kappa shape index (κ3) is 6.55. The molecule has 0 unspecified atom stereocenters. The summed E-state index contributed by atoms with van der Waals surface area (Å²) < 4.78 is 36.5. The summed E-state index contributed by atoms with van der Waals surface area (Å²) in [5, 5.41) is 9.37. The van der Waals surface area contributed by atoms with Gasteiger partial charge in [-0.3, -0.25) is 4.79 Å². The molecule has 8 nitrogen and oxygen atoms in total. The van der Waals surface area contributed by atoms with Crippen LogP contribution in [-0.4, -0.2) is 59.8 Å². The summed E-state index contributed by atoms with van der Waals surface area (Å²) in [7, 11) is -3.98. The topological polar surface area (TPSA) is 106 Å². The SMILES string of the molecule is Cc1cc(C2=CCN(S(=O)(=O)C(C)(C)C(=O)O)CC2)ccc1-c1cccc(OCCOCc2ccccc2)n1. The van der Waals surface area contributed by atoms with Crippen LogP contribution in [0.3, 0.4) is 0 Å². The van der Waals surface area contributed by atoms with Gasteiger partial charge in [0, 0.05) is 24.7 Å². The average molecular weight is 551 g/mol. The number of benzene rings is 2. The molecule has 1 N–H and O–H groups in total. The fourth-order valence-corrected chi connectivity index (χ4v) is 5.80. The van der Waals surface area contributed by atoms with Gasteiger partial charge in [0.25, 0.3) is 0 Å². The van der Waals surface area contributed by atoms with Crippen molar-refractivity contribution in [3.8, 4) is 17.1 Å². The van der Waals surface area contributed by atoms with E-state index in [-0.39, 0.29) is 13.1 Å². The molecule has 0 fully saturated rings. The number of hydrogen-bond acceptors (Lipinski definition) is 6. The van der Waals surface area contributed by atoms with E-state index in [2.05, 4.69) is 11.1 Å². The van der Waals surface area contributed by atoms with Crippen molar-refractivity contribution in [1.29, 1.82) is 0 Å². The van der Waals surface area contributed by atoms with Crippen LogP contribution in [0, 0.1) is 6.92 Å². The highest BCUT2D eigenvalue weighted by Gasteiger charge is 2.45. The summed E-state index contributed by atoms with van der Waals surface area (Å²) in [6.45, 7) is 6.23. The Morgan fingerprint density at radius 2 is 1.82 bits per heavy atom. The molecule has 4 rings (SSSR count). The molecule has 39 heavy (non-hydrogen) atoms. The summed E-state index contributed by atoms with van der Waals surface area (Å²) in [6, 6.07) is 21.7. The second-order valence-electron chi connectivity index (χ2n) is 9.94. The van der Waals surface area contributed by atoms with Crippen molar-refractivity contribution < 1.29 is 27.8 Å². The van der Waals surface area contributed by atoms with E-state index in [9.17, 15) is 18.3 Å². The summed E-state index contributed by atoms with van der Waals surface area (Å²) in [5.41, 5.74) is 5.97. The van der Waals surface area contributed by atoms with E-state index >= 15 is 0 Å². The van der Waals surface area contributed by atoms with Crippen LogP contribution in [0.25, 0.3) is 16.8 Å². The highest BCUT2D eigenvalue weighted by Crippen LogP contribution is 2.31. The van der Waals surface area contributed by atoms with Crippen molar-refractivity contribution in [1.82, 2.24) is 9.29 Å². The Bertz CT molecular complexity index is 1450. The summed E-state index contributed by atoms with van der Waals surface area (Å²) in [4.78, 5) is 16.2.